The van der Waals surface area contributed by atoms with E-state index in [4.69, 9.17) is 4.42 Å². The Bertz CT molecular complexity index is 1520. The van der Waals surface area contributed by atoms with Gasteiger partial charge in [0.25, 0.3) is 11.5 Å². The lowest BCUT2D eigenvalue weighted by molar-refractivity contribution is 0.0997. The number of anilines is 2. The number of benzene rings is 1. The van der Waals surface area contributed by atoms with E-state index < -0.39 is 5.91 Å². The summed E-state index contributed by atoms with van der Waals surface area (Å²) in [4.78, 5) is 44.0. The van der Waals surface area contributed by atoms with Crippen molar-refractivity contribution in [1.82, 2.24) is 9.55 Å². The summed E-state index contributed by atoms with van der Waals surface area (Å²) >= 11 is 0. The molecule has 1 amide bonds. The number of hydrogen-bond donors (Lipinski definition) is 1. The van der Waals surface area contributed by atoms with Crippen molar-refractivity contribution in [3.05, 3.63) is 98.9 Å². The Morgan fingerprint density at radius 1 is 1.00 bits per heavy atom. The summed E-state index contributed by atoms with van der Waals surface area (Å²) in [6.45, 7) is 2.35. The van der Waals surface area contributed by atoms with Crippen molar-refractivity contribution in [2.45, 2.75) is 18.9 Å². The molecule has 1 saturated heterocycles. The van der Waals surface area contributed by atoms with E-state index in [1.54, 1.807) is 42.6 Å². The maximum Gasteiger partial charge on any atom is 0.291 e. The van der Waals surface area contributed by atoms with Crippen molar-refractivity contribution in [2.24, 2.45) is 5.92 Å². The maximum atomic E-state index is 12.7. The summed E-state index contributed by atoms with van der Waals surface area (Å²) in [5.41, 5.74) is 1.78. The van der Waals surface area contributed by atoms with Crippen molar-refractivity contribution in [3.8, 4) is 0 Å². The van der Waals surface area contributed by atoms with Crippen LogP contribution in [0.1, 0.15) is 28.6 Å². The number of pyridine rings is 2. The molecule has 0 spiro atoms. The molecule has 1 N–H and O–H groups in total. The molecule has 4 aromatic rings. The molecule has 170 valence electrons. The van der Waals surface area contributed by atoms with E-state index in [2.05, 4.69) is 15.2 Å². The molecule has 8 nitrogen and oxygen atoms in total. The van der Waals surface area contributed by atoms with Gasteiger partial charge in [0.2, 0.25) is 0 Å². The third-order valence-electron chi connectivity index (χ3n) is 6.67. The first-order valence-electron chi connectivity index (χ1n) is 11.3. The minimum Gasteiger partial charge on any atom is -0.451 e. The minimum absolute atomic E-state index is 0.0504. The van der Waals surface area contributed by atoms with Crippen molar-refractivity contribution in [2.75, 3.05) is 23.3 Å². The Morgan fingerprint density at radius 3 is 2.74 bits per heavy atom. The molecule has 0 saturated carbocycles. The predicted octanol–water partition coefficient (Wildman–Crippen LogP) is 3.23. The summed E-state index contributed by atoms with van der Waals surface area (Å²) in [7, 11) is 0. The maximum absolute atomic E-state index is 12.7. The van der Waals surface area contributed by atoms with Gasteiger partial charge >= 0.3 is 0 Å². The zero-order valence-corrected chi connectivity index (χ0v) is 18.3. The van der Waals surface area contributed by atoms with Gasteiger partial charge in [-0.05, 0) is 42.7 Å². The second kappa shape index (κ2) is 7.98. The first kappa shape index (κ1) is 20.4. The number of rotatable bonds is 3. The van der Waals surface area contributed by atoms with Gasteiger partial charge in [-0.3, -0.25) is 14.4 Å². The number of nitrogens with zero attached hydrogens (tertiary/aromatic N) is 3. The second-order valence-corrected chi connectivity index (χ2v) is 8.93. The third kappa shape index (κ3) is 3.57. The van der Waals surface area contributed by atoms with Crippen molar-refractivity contribution in [1.29, 1.82) is 0 Å². The lowest BCUT2D eigenvalue weighted by Crippen LogP contribution is -2.47. The molecule has 5 heterocycles. The van der Waals surface area contributed by atoms with E-state index in [9.17, 15) is 14.4 Å². The van der Waals surface area contributed by atoms with Crippen molar-refractivity contribution < 1.29 is 9.21 Å². The number of nitrogens with one attached hydrogen (secondary N) is 1. The monoisotopic (exact) mass is 454 g/mol. The SMILES string of the molecule is O=C(Nc1ccc(N2CC3CC(C2)c2cccc(=O)n2C3)nc1)c1cc(=O)c2ccccc2o1. The summed E-state index contributed by atoms with van der Waals surface area (Å²) in [6.07, 6.45) is 2.68. The zero-order chi connectivity index (χ0) is 23.2. The molecule has 34 heavy (non-hydrogen) atoms. The first-order valence-corrected chi connectivity index (χ1v) is 11.3. The average molecular weight is 454 g/mol. The number of amides is 1. The normalized spacial score (nSPS) is 19.0. The number of fused-ring (bicyclic) bond motifs is 5. The van der Waals surface area contributed by atoms with Gasteiger partial charge < -0.3 is 19.2 Å². The molecule has 1 fully saturated rings. The van der Waals surface area contributed by atoms with E-state index in [0.717, 1.165) is 37.6 Å². The van der Waals surface area contributed by atoms with Crippen LogP contribution in [0.2, 0.25) is 0 Å². The number of carbonyl (C=O) groups is 1. The lowest BCUT2D eigenvalue weighted by Gasteiger charge is -2.43. The molecule has 0 radical (unpaired) electrons. The summed E-state index contributed by atoms with van der Waals surface area (Å²) < 4.78 is 7.52. The van der Waals surface area contributed by atoms with Crippen LogP contribution in [0.15, 0.2) is 80.9 Å². The van der Waals surface area contributed by atoms with Crippen LogP contribution in [-0.4, -0.2) is 28.5 Å². The molecule has 2 aliphatic rings. The number of aromatic nitrogens is 2. The molecular formula is C26H22N4O4. The first-order chi connectivity index (χ1) is 16.5. The van der Waals surface area contributed by atoms with Gasteiger partial charge in [0.1, 0.15) is 11.4 Å². The van der Waals surface area contributed by atoms with Gasteiger partial charge in [0.15, 0.2) is 11.2 Å². The quantitative estimate of drug-likeness (QED) is 0.511. The summed E-state index contributed by atoms with van der Waals surface area (Å²) in [5, 5.41) is 3.18. The molecular weight excluding hydrogens is 432 g/mol. The molecule has 2 unspecified atom stereocenters. The molecule has 8 heteroatoms. The molecule has 0 aliphatic carbocycles. The third-order valence-corrected chi connectivity index (χ3v) is 6.67. The Hall–Kier alpha value is -4.20. The van der Waals surface area contributed by atoms with E-state index in [1.165, 1.54) is 6.07 Å². The zero-order valence-electron chi connectivity index (χ0n) is 18.3. The van der Waals surface area contributed by atoms with Gasteiger partial charge in [0.05, 0.1) is 17.3 Å². The smallest absolute Gasteiger partial charge is 0.291 e. The van der Waals surface area contributed by atoms with Crippen molar-refractivity contribution in [3.63, 3.8) is 0 Å². The lowest BCUT2D eigenvalue weighted by atomic mass is 9.83. The Kier molecular flexibility index (Phi) is 4.79. The van der Waals surface area contributed by atoms with E-state index in [1.807, 2.05) is 22.8 Å². The van der Waals surface area contributed by atoms with Gasteiger partial charge in [0, 0.05) is 43.4 Å². The number of piperidine rings is 1. The van der Waals surface area contributed by atoms with Crippen molar-refractivity contribution >= 4 is 28.4 Å². The van der Waals surface area contributed by atoms with E-state index >= 15 is 0 Å². The fourth-order valence-corrected chi connectivity index (χ4v) is 5.14. The fourth-order valence-electron chi connectivity index (χ4n) is 5.14. The van der Waals surface area contributed by atoms with Gasteiger partial charge in [-0.1, -0.05) is 18.2 Å². The van der Waals surface area contributed by atoms with Crippen LogP contribution in [0.25, 0.3) is 11.0 Å². The summed E-state index contributed by atoms with van der Waals surface area (Å²) in [5.74, 6) is 0.955. The molecule has 2 atom stereocenters. The largest absolute Gasteiger partial charge is 0.451 e. The molecule has 3 aromatic heterocycles. The van der Waals surface area contributed by atoms with Gasteiger partial charge in [-0.2, -0.15) is 0 Å². The highest BCUT2D eigenvalue weighted by molar-refractivity contribution is 6.02. The van der Waals surface area contributed by atoms with Gasteiger partial charge in [-0.15, -0.1) is 0 Å². The van der Waals surface area contributed by atoms with E-state index in [-0.39, 0.29) is 16.7 Å². The molecule has 2 aliphatic heterocycles. The number of hydrogen-bond acceptors (Lipinski definition) is 6. The highest BCUT2D eigenvalue weighted by Gasteiger charge is 2.34. The van der Waals surface area contributed by atoms with Crippen LogP contribution in [0.3, 0.4) is 0 Å². The fraction of sp³-hybridized carbons (Fsp3) is 0.231. The van der Waals surface area contributed by atoms with Crippen LogP contribution in [0.4, 0.5) is 11.5 Å². The minimum atomic E-state index is -0.507. The molecule has 6 rings (SSSR count). The van der Waals surface area contributed by atoms with Crippen LogP contribution in [-0.2, 0) is 6.54 Å². The van der Waals surface area contributed by atoms with Crippen LogP contribution < -0.4 is 21.2 Å². The highest BCUT2D eigenvalue weighted by Crippen LogP contribution is 2.36. The topological polar surface area (TPSA) is 97.4 Å². The average Bonchev–Trinajstić information content (AvgIpc) is 2.85. The van der Waals surface area contributed by atoms with Crippen LogP contribution in [0, 0.1) is 5.92 Å². The van der Waals surface area contributed by atoms with Crippen LogP contribution >= 0.6 is 0 Å². The Balaban J connectivity index is 1.19. The standard InChI is InChI=1S/C26H22N4O4/c31-21-11-23(34-22-6-2-1-4-19(21)22)26(33)28-18-8-9-24(27-12-18)29-13-16-10-17(15-29)20-5-3-7-25(32)30(20)14-16/h1-9,11-12,16-17H,10,13-15H2,(H,28,33). The van der Waals surface area contributed by atoms with E-state index in [0.29, 0.717) is 28.5 Å². The number of carbonyl (C=O) groups excluding carboxylic acids is 1. The second-order valence-electron chi connectivity index (χ2n) is 8.93. The Morgan fingerprint density at radius 2 is 1.88 bits per heavy atom. The number of para-hydroxylation sites is 1. The predicted molar refractivity (Wildman–Crippen MR) is 128 cm³/mol. The Labute approximate surface area is 194 Å². The molecule has 2 bridgehead atoms. The highest BCUT2D eigenvalue weighted by atomic mass is 16.3. The summed E-state index contributed by atoms with van der Waals surface area (Å²) in [6, 6.07) is 17.2. The van der Waals surface area contributed by atoms with Crippen LogP contribution in [0.5, 0.6) is 0 Å². The molecule has 1 aromatic carbocycles. The van der Waals surface area contributed by atoms with Gasteiger partial charge in [-0.25, -0.2) is 4.98 Å².